The quantitative estimate of drug-likeness (QED) is 0.289. The monoisotopic (exact) mass is 606 g/mol. The summed E-state index contributed by atoms with van der Waals surface area (Å²) in [4.78, 5) is 26.4. The maximum Gasteiger partial charge on any atom is 0.309 e. The normalized spacial score (nSPS) is 18.7. The summed E-state index contributed by atoms with van der Waals surface area (Å²) in [7, 11) is 0. The molecule has 3 aromatic rings. The maximum atomic E-state index is 15.2. The van der Waals surface area contributed by atoms with E-state index in [0.717, 1.165) is 62.2 Å². The minimum Gasteiger partial charge on any atom is -0.485 e. The van der Waals surface area contributed by atoms with E-state index < -0.39 is 11.6 Å². The van der Waals surface area contributed by atoms with Crippen LogP contribution in [0.15, 0.2) is 42.5 Å². The molecule has 0 aliphatic carbocycles. The van der Waals surface area contributed by atoms with Crippen LogP contribution in [0.2, 0.25) is 0 Å². The number of nitrogens with zero attached hydrogens (tertiary/aromatic N) is 4. The standard InChI is InChI=1S/C34H40F2N4O4/c1-3-43-34(41)24-11-15-40(16-12-24)32-6-4-5-31(38-32)28-17-26(35)18-29(36)33(28)44-19-25-7-8-30(37-22(25)2)23-9-13-39(14-10-23)27-20-42-21-27/h4-8,17-18,23-24,27H,3,9-16,19-21H2,1-2H3. The van der Waals surface area contributed by atoms with Crippen molar-refractivity contribution in [1.82, 2.24) is 14.9 Å². The SMILES string of the molecule is CCOC(=O)C1CCN(c2cccc(-c3cc(F)cc(F)c3OCc3ccc(C4CCN(C5COC5)CC4)nc3C)n2)CC1. The summed E-state index contributed by atoms with van der Waals surface area (Å²) in [6.45, 7) is 9.27. The molecule has 0 spiro atoms. The Balaban J connectivity index is 1.14. The number of esters is 1. The number of halogens is 2. The number of carbonyl (C=O) groups is 1. The lowest BCUT2D eigenvalue weighted by Crippen LogP contribution is -2.51. The van der Waals surface area contributed by atoms with Crippen LogP contribution in [0.25, 0.3) is 11.3 Å². The fourth-order valence-electron chi connectivity index (χ4n) is 6.38. The van der Waals surface area contributed by atoms with Crippen molar-refractivity contribution in [3.8, 4) is 17.0 Å². The highest BCUT2D eigenvalue weighted by molar-refractivity contribution is 5.73. The Hall–Kier alpha value is -3.63. The molecule has 3 aliphatic heterocycles. The fourth-order valence-corrected chi connectivity index (χ4v) is 6.38. The number of hydrogen-bond donors (Lipinski definition) is 0. The number of likely N-dealkylation sites (tertiary alicyclic amines) is 1. The molecule has 8 nitrogen and oxygen atoms in total. The van der Waals surface area contributed by atoms with Gasteiger partial charge in [0.1, 0.15) is 18.2 Å². The van der Waals surface area contributed by atoms with E-state index in [9.17, 15) is 9.18 Å². The van der Waals surface area contributed by atoms with Crippen LogP contribution >= 0.6 is 0 Å². The Morgan fingerprint density at radius 1 is 1.00 bits per heavy atom. The van der Waals surface area contributed by atoms with E-state index in [0.29, 0.717) is 56.0 Å². The number of anilines is 1. The van der Waals surface area contributed by atoms with Crippen molar-refractivity contribution in [3.63, 3.8) is 0 Å². The molecule has 5 heterocycles. The van der Waals surface area contributed by atoms with Gasteiger partial charge in [0.15, 0.2) is 11.6 Å². The third-order valence-electron chi connectivity index (χ3n) is 9.13. The lowest BCUT2D eigenvalue weighted by molar-refractivity contribution is -0.148. The van der Waals surface area contributed by atoms with Gasteiger partial charge in [0.05, 0.1) is 37.5 Å². The number of rotatable bonds is 9. The van der Waals surface area contributed by atoms with Crippen LogP contribution < -0.4 is 9.64 Å². The summed E-state index contributed by atoms with van der Waals surface area (Å²) in [5.74, 6) is -0.725. The third kappa shape index (κ3) is 6.71. The van der Waals surface area contributed by atoms with Crippen LogP contribution in [0.4, 0.5) is 14.6 Å². The highest BCUT2D eigenvalue weighted by Crippen LogP contribution is 2.35. The van der Waals surface area contributed by atoms with Gasteiger partial charge >= 0.3 is 5.97 Å². The minimum absolute atomic E-state index is 0.0482. The summed E-state index contributed by atoms with van der Waals surface area (Å²) < 4.78 is 46.2. The van der Waals surface area contributed by atoms with E-state index in [4.69, 9.17) is 24.2 Å². The van der Waals surface area contributed by atoms with E-state index in [1.807, 2.05) is 25.1 Å². The van der Waals surface area contributed by atoms with Gasteiger partial charge in [0.25, 0.3) is 0 Å². The lowest BCUT2D eigenvalue weighted by Gasteiger charge is -2.41. The molecule has 10 heteroatoms. The van der Waals surface area contributed by atoms with Crippen LogP contribution in [0, 0.1) is 24.5 Å². The molecule has 1 aromatic carbocycles. The minimum atomic E-state index is -0.784. The predicted octanol–water partition coefficient (Wildman–Crippen LogP) is 5.67. The average Bonchev–Trinajstić information content (AvgIpc) is 3.01. The molecule has 6 rings (SSSR count). The first-order valence-electron chi connectivity index (χ1n) is 15.7. The van der Waals surface area contributed by atoms with Crippen molar-refractivity contribution in [2.75, 3.05) is 50.9 Å². The van der Waals surface area contributed by atoms with Crippen LogP contribution in [0.1, 0.15) is 55.5 Å². The van der Waals surface area contributed by atoms with Gasteiger partial charge in [-0.1, -0.05) is 12.1 Å². The number of carbonyl (C=O) groups excluding carboxylic acids is 1. The molecular weight excluding hydrogens is 566 g/mol. The number of aryl methyl sites for hydroxylation is 1. The molecule has 44 heavy (non-hydrogen) atoms. The molecule has 3 saturated heterocycles. The molecule has 234 valence electrons. The van der Waals surface area contributed by atoms with Crippen molar-refractivity contribution in [2.24, 2.45) is 5.92 Å². The highest BCUT2D eigenvalue weighted by Gasteiger charge is 2.31. The fraction of sp³-hybridized carbons (Fsp3) is 0.500. The Bertz CT molecular complexity index is 1470. The topological polar surface area (TPSA) is 77.0 Å². The second kappa shape index (κ2) is 13.6. The molecule has 0 bridgehead atoms. The van der Waals surface area contributed by atoms with E-state index in [1.54, 1.807) is 13.0 Å². The molecule has 0 saturated carbocycles. The van der Waals surface area contributed by atoms with E-state index in [1.165, 1.54) is 6.07 Å². The summed E-state index contributed by atoms with van der Waals surface area (Å²) >= 11 is 0. The number of piperidine rings is 2. The summed E-state index contributed by atoms with van der Waals surface area (Å²) in [6.07, 6.45) is 3.46. The Kier molecular flexibility index (Phi) is 9.37. The molecular formula is C34H40F2N4O4. The van der Waals surface area contributed by atoms with Gasteiger partial charge < -0.3 is 19.1 Å². The van der Waals surface area contributed by atoms with Gasteiger partial charge in [-0.3, -0.25) is 14.7 Å². The lowest BCUT2D eigenvalue weighted by atomic mass is 9.91. The molecule has 0 unspecified atom stereocenters. The van der Waals surface area contributed by atoms with Gasteiger partial charge in [-0.05, 0) is 76.9 Å². The number of ether oxygens (including phenoxy) is 3. The van der Waals surface area contributed by atoms with Gasteiger partial charge in [0, 0.05) is 47.6 Å². The van der Waals surface area contributed by atoms with Crippen molar-refractivity contribution in [2.45, 2.75) is 58.1 Å². The van der Waals surface area contributed by atoms with E-state index in [2.05, 4.69) is 15.9 Å². The first kappa shape index (κ1) is 30.4. The second-order valence-electron chi connectivity index (χ2n) is 11.9. The number of pyridine rings is 2. The summed E-state index contributed by atoms with van der Waals surface area (Å²) in [5.41, 5.74) is 3.42. The van der Waals surface area contributed by atoms with Gasteiger partial charge in [0.2, 0.25) is 0 Å². The molecule has 0 N–H and O–H groups in total. The van der Waals surface area contributed by atoms with Gasteiger partial charge in [-0.25, -0.2) is 13.8 Å². The molecule has 2 aromatic heterocycles. The Morgan fingerprint density at radius 2 is 1.77 bits per heavy atom. The first-order chi connectivity index (χ1) is 21.4. The average molecular weight is 607 g/mol. The van der Waals surface area contributed by atoms with Crippen molar-refractivity contribution < 1.29 is 27.8 Å². The van der Waals surface area contributed by atoms with E-state index >= 15 is 4.39 Å². The number of aromatic nitrogens is 2. The van der Waals surface area contributed by atoms with E-state index in [-0.39, 0.29) is 29.8 Å². The smallest absolute Gasteiger partial charge is 0.309 e. The molecule has 3 fully saturated rings. The highest BCUT2D eigenvalue weighted by atomic mass is 19.1. The molecule has 3 aliphatic rings. The summed E-state index contributed by atoms with van der Waals surface area (Å²) in [6, 6.07) is 12.1. The Labute approximate surface area is 257 Å². The zero-order chi connectivity index (χ0) is 30.6. The van der Waals surface area contributed by atoms with Crippen molar-refractivity contribution in [1.29, 1.82) is 0 Å². The van der Waals surface area contributed by atoms with Crippen LogP contribution in [0.5, 0.6) is 5.75 Å². The summed E-state index contributed by atoms with van der Waals surface area (Å²) in [5, 5.41) is 0. The van der Waals surface area contributed by atoms with Crippen LogP contribution in [0.3, 0.4) is 0 Å². The number of hydrogen-bond acceptors (Lipinski definition) is 8. The maximum absolute atomic E-state index is 15.2. The van der Waals surface area contributed by atoms with Gasteiger partial charge in [-0.2, -0.15) is 0 Å². The predicted molar refractivity (Wildman–Crippen MR) is 163 cm³/mol. The van der Waals surface area contributed by atoms with Crippen molar-refractivity contribution >= 4 is 11.8 Å². The molecule has 0 amide bonds. The Morgan fingerprint density at radius 3 is 2.45 bits per heavy atom. The van der Waals surface area contributed by atoms with Crippen molar-refractivity contribution in [3.05, 3.63) is 71.1 Å². The third-order valence-corrected chi connectivity index (χ3v) is 9.13. The number of benzene rings is 1. The largest absolute Gasteiger partial charge is 0.485 e. The first-order valence-corrected chi connectivity index (χ1v) is 15.7. The zero-order valence-corrected chi connectivity index (χ0v) is 25.4. The molecule has 0 radical (unpaired) electrons. The van der Waals surface area contributed by atoms with Gasteiger partial charge in [-0.15, -0.1) is 0 Å². The van der Waals surface area contributed by atoms with Crippen LogP contribution in [-0.2, 0) is 20.9 Å². The second-order valence-corrected chi connectivity index (χ2v) is 11.9. The molecule has 0 atom stereocenters. The van der Waals surface area contributed by atoms with Crippen LogP contribution in [-0.4, -0.2) is 72.9 Å². The zero-order valence-electron chi connectivity index (χ0n) is 25.4.